The summed E-state index contributed by atoms with van der Waals surface area (Å²) in [5.74, 6) is -0.259. The molecule has 0 atom stereocenters. The van der Waals surface area contributed by atoms with Crippen molar-refractivity contribution in [1.82, 2.24) is 5.32 Å². The predicted molar refractivity (Wildman–Crippen MR) is 89.1 cm³/mol. The summed E-state index contributed by atoms with van der Waals surface area (Å²) in [6, 6.07) is 9.31. The summed E-state index contributed by atoms with van der Waals surface area (Å²) in [7, 11) is 0. The van der Waals surface area contributed by atoms with Gasteiger partial charge in [0, 0.05) is 33.2 Å². The van der Waals surface area contributed by atoms with Gasteiger partial charge in [0.15, 0.2) is 0 Å². The number of thiophene rings is 1. The van der Waals surface area contributed by atoms with Crippen molar-refractivity contribution >= 4 is 51.4 Å². The Bertz CT molecular complexity index is 582. The highest BCUT2D eigenvalue weighted by atomic mass is 127. The molecule has 1 aromatic heterocycles. The molecule has 2 amide bonds. The molecule has 0 unspecified atom stereocenters. The molecule has 0 saturated carbocycles. The summed E-state index contributed by atoms with van der Waals surface area (Å²) in [5.41, 5.74) is 1.40. The highest BCUT2D eigenvalue weighted by Crippen LogP contribution is 2.11. The van der Waals surface area contributed by atoms with Gasteiger partial charge in [-0.3, -0.25) is 9.59 Å². The smallest absolute Gasteiger partial charge is 0.252 e. The van der Waals surface area contributed by atoms with E-state index < -0.39 is 0 Å². The van der Waals surface area contributed by atoms with Crippen molar-refractivity contribution in [1.29, 1.82) is 0 Å². The highest BCUT2D eigenvalue weighted by molar-refractivity contribution is 14.1. The quantitative estimate of drug-likeness (QED) is 0.758. The van der Waals surface area contributed by atoms with E-state index in [4.69, 9.17) is 0 Å². The van der Waals surface area contributed by atoms with Crippen molar-refractivity contribution in [3.05, 3.63) is 50.2 Å². The average molecular weight is 400 g/mol. The third-order valence-corrected chi connectivity index (χ3v) is 3.95. The molecule has 6 heteroatoms. The molecular formula is C14H13IN2O2S. The Labute approximate surface area is 134 Å². The SMILES string of the molecule is O=C(CCNC(=O)c1ccsc1)Nc1ccc(I)cc1. The number of benzene rings is 1. The number of anilines is 1. The summed E-state index contributed by atoms with van der Waals surface area (Å²) >= 11 is 3.68. The van der Waals surface area contributed by atoms with Crippen LogP contribution in [0.3, 0.4) is 0 Å². The van der Waals surface area contributed by atoms with E-state index in [-0.39, 0.29) is 18.2 Å². The summed E-state index contributed by atoms with van der Waals surface area (Å²) in [6.45, 7) is 0.324. The second-order valence-corrected chi connectivity index (χ2v) is 6.10. The summed E-state index contributed by atoms with van der Waals surface area (Å²) in [5, 5.41) is 9.13. The fourth-order valence-electron chi connectivity index (χ4n) is 1.54. The zero-order valence-corrected chi connectivity index (χ0v) is 13.5. The van der Waals surface area contributed by atoms with E-state index in [2.05, 4.69) is 33.2 Å². The highest BCUT2D eigenvalue weighted by Gasteiger charge is 2.07. The number of carbonyl (C=O) groups excluding carboxylic acids is 2. The normalized spacial score (nSPS) is 10.1. The third kappa shape index (κ3) is 4.61. The van der Waals surface area contributed by atoms with Crippen LogP contribution >= 0.6 is 33.9 Å². The Morgan fingerprint density at radius 3 is 2.55 bits per heavy atom. The number of rotatable bonds is 5. The minimum Gasteiger partial charge on any atom is -0.351 e. The first-order valence-electron chi connectivity index (χ1n) is 6.01. The van der Waals surface area contributed by atoms with Crippen LogP contribution in [0.25, 0.3) is 0 Å². The maximum absolute atomic E-state index is 11.7. The Balaban J connectivity index is 1.73. The topological polar surface area (TPSA) is 58.2 Å². The van der Waals surface area contributed by atoms with Crippen LogP contribution in [0.4, 0.5) is 5.69 Å². The molecule has 0 bridgehead atoms. The fourth-order valence-corrected chi connectivity index (χ4v) is 2.54. The molecular weight excluding hydrogens is 387 g/mol. The first-order chi connectivity index (χ1) is 9.65. The molecule has 2 N–H and O–H groups in total. The molecule has 0 saturated heterocycles. The van der Waals surface area contributed by atoms with E-state index in [1.165, 1.54) is 11.3 Å². The molecule has 20 heavy (non-hydrogen) atoms. The number of halogens is 1. The van der Waals surface area contributed by atoms with Gasteiger partial charge < -0.3 is 10.6 Å². The van der Waals surface area contributed by atoms with Crippen LogP contribution in [0.15, 0.2) is 41.1 Å². The Kier molecular flexibility index (Phi) is 5.54. The van der Waals surface area contributed by atoms with Crippen molar-refractivity contribution in [3.8, 4) is 0 Å². The van der Waals surface area contributed by atoms with Gasteiger partial charge >= 0.3 is 0 Å². The van der Waals surface area contributed by atoms with Crippen LogP contribution in [-0.4, -0.2) is 18.4 Å². The number of carbonyl (C=O) groups is 2. The van der Waals surface area contributed by atoms with Gasteiger partial charge in [0.1, 0.15) is 0 Å². The molecule has 0 aliphatic heterocycles. The van der Waals surface area contributed by atoms with Gasteiger partial charge in [0.2, 0.25) is 5.91 Å². The van der Waals surface area contributed by atoms with Crippen molar-refractivity contribution in [3.63, 3.8) is 0 Å². The van der Waals surface area contributed by atoms with Crippen LogP contribution < -0.4 is 10.6 Å². The minimum atomic E-state index is -0.145. The van der Waals surface area contributed by atoms with Crippen molar-refractivity contribution in [2.45, 2.75) is 6.42 Å². The van der Waals surface area contributed by atoms with Crippen molar-refractivity contribution in [2.24, 2.45) is 0 Å². The Morgan fingerprint density at radius 2 is 1.90 bits per heavy atom. The van der Waals surface area contributed by atoms with Gasteiger partial charge in [-0.2, -0.15) is 11.3 Å². The van der Waals surface area contributed by atoms with Crippen LogP contribution in [0.5, 0.6) is 0 Å². The van der Waals surface area contributed by atoms with Gasteiger partial charge in [0.25, 0.3) is 5.91 Å². The number of amides is 2. The van der Waals surface area contributed by atoms with Gasteiger partial charge in [-0.15, -0.1) is 0 Å². The lowest BCUT2D eigenvalue weighted by atomic mass is 10.3. The molecule has 0 spiro atoms. The molecule has 1 aromatic carbocycles. The summed E-state index contributed by atoms with van der Waals surface area (Å²) in [6.07, 6.45) is 0.252. The second kappa shape index (κ2) is 7.39. The molecule has 0 aliphatic rings. The third-order valence-electron chi connectivity index (χ3n) is 2.55. The molecule has 0 radical (unpaired) electrons. The van der Waals surface area contributed by atoms with Gasteiger partial charge in [-0.25, -0.2) is 0 Å². The van der Waals surface area contributed by atoms with Crippen LogP contribution in [0, 0.1) is 3.57 Å². The first kappa shape index (κ1) is 15.0. The Hall–Kier alpha value is -1.41. The van der Waals surface area contributed by atoms with E-state index in [0.29, 0.717) is 12.1 Å². The van der Waals surface area contributed by atoms with E-state index >= 15 is 0 Å². The molecule has 104 valence electrons. The zero-order valence-electron chi connectivity index (χ0n) is 10.6. The molecule has 1 heterocycles. The van der Waals surface area contributed by atoms with Crippen molar-refractivity contribution < 1.29 is 9.59 Å². The maximum Gasteiger partial charge on any atom is 0.252 e. The molecule has 0 aliphatic carbocycles. The van der Waals surface area contributed by atoms with Crippen molar-refractivity contribution in [2.75, 3.05) is 11.9 Å². The summed E-state index contributed by atoms with van der Waals surface area (Å²) < 4.78 is 1.11. The average Bonchev–Trinajstić information content (AvgIpc) is 2.95. The van der Waals surface area contributed by atoms with Gasteiger partial charge in [-0.1, -0.05) is 0 Å². The lowest BCUT2D eigenvalue weighted by molar-refractivity contribution is -0.116. The van der Waals surface area contributed by atoms with Gasteiger partial charge in [-0.05, 0) is 58.3 Å². The predicted octanol–water partition coefficient (Wildman–Crippen LogP) is 3.11. The second-order valence-electron chi connectivity index (χ2n) is 4.07. The van der Waals surface area contributed by atoms with E-state index in [1.54, 1.807) is 11.4 Å². The minimum absolute atomic E-state index is 0.114. The molecule has 4 nitrogen and oxygen atoms in total. The molecule has 2 rings (SSSR count). The lowest BCUT2D eigenvalue weighted by Crippen LogP contribution is -2.27. The van der Waals surface area contributed by atoms with Crippen LogP contribution in [0.2, 0.25) is 0 Å². The lowest BCUT2D eigenvalue weighted by Gasteiger charge is -2.06. The maximum atomic E-state index is 11.7. The first-order valence-corrected chi connectivity index (χ1v) is 8.03. The largest absolute Gasteiger partial charge is 0.351 e. The van der Waals surface area contributed by atoms with E-state index in [9.17, 15) is 9.59 Å². The van der Waals surface area contributed by atoms with E-state index in [1.807, 2.05) is 29.6 Å². The van der Waals surface area contributed by atoms with Gasteiger partial charge in [0.05, 0.1) is 0 Å². The van der Waals surface area contributed by atoms with Crippen LogP contribution in [0.1, 0.15) is 16.8 Å². The zero-order chi connectivity index (χ0) is 14.4. The van der Waals surface area contributed by atoms with Crippen LogP contribution in [-0.2, 0) is 4.79 Å². The number of nitrogens with one attached hydrogen (secondary N) is 2. The molecule has 0 fully saturated rings. The molecule has 2 aromatic rings. The fraction of sp³-hybridized carbons (Fsp3) is 0.143. The Morgan fingerprint density at radius 1 is 1.15 bits per heavy atom. The van der Waals surface area contributed by atoms with E-state index in [0.717, 1.165) is 9.26 Å². The monoisotopic (exact) mass is 400 g/mol. The standard InChI is InChI=1S/C14H13IN2O2S/c15-11-1-3-12(4-2-11)17-13(18)5-7-16-14(19)10-6-8-20-9-10/h1-4,6,8-9H,5,7H2,(H,16,19)(H,17,18). The summed E-state index contributed by atoms with van der Waals surface area (Å²) in [4.78, 5) is 23.3. The number of hydrogen-bond acceptors (Lipinski definition) is 3. The number of hydrogen-bond donors (Lipinski definition) is 2.